The van der Waals surface area contributed by atoms with Crippen LogP contribution in [0.25, 0.3) is 17.0 Å². The van der Waals surface area contributed by atoms with Gasteiger partial charge in [-0.2, -0.15) is 0 Å². The van der Waals surface area contributed by atoms with E-state index in [0.717, 1.165) is 68.6 Å². The summed E-state index contributed by atoms with van der Waals surface area (Å²) >= 11 is 0. The van der Waals surface area contributed by atoms with Gasteiger partial charge in [0.05, 0.1) is 4.90 Å². The lowest BCUT2D eigenvalue weighted by Crippen LogP contribution is -2.46. The van der Waals surface area contributed by atoms with Crippen LogP contribution in [0.1, 0.15) is 40.3 Å². The molecular weight excluding hydrogens is 613 g/mol. The van der Waals surface area contributed by atoms with E-state index in [-0.39, 0.29) is 10.9 Å². The van der Waals surface area contributed by atoms with Crippen LogP contribution in [-0.2, 0) is 34.2 Å². The number of hydrogen-bond donors (Lipinski definition) is 4. The number of carbonyl (C=O) groups excluding carboxylic acids is 1. The van der Waals surface area contributed by atoms with Crippen molar-refractivity contribution in [2.24, 2.45) is 0 Å². The monoisotopic (exact) mass is 656 g/mol. The molecule has 1 atom stereocenters. The Kier molecular flexibility index (Phi) is 10.5. The van der Waals surface area contributed by atoms with Gasteiger partial charge in [0, 0.05) is 81.6 Å². The van der Waals surface area contributed by atoms with Crippen LogP contribution >= 0.6 is 0 Å². The van der Waals surface area contributed by atoms with Gasteiger partial charge in [-0.1, -0.05) is 48.5 Å². The topological polar surface area (TPSA) is 121 Å². The Morgan fingerprint density at radius 3 is 2.64 bits per heavy atom. The van der Waals surface area contributed by atoms with Gasteiger partial charge in [0.15, 0.2) is 0 Å². The van der Waals surface area contributed by atoms with Crippen molar-refractivity contribution in [2.45, 2.75) is 36.7 Å². The molecule has 1 unspecified atom stereocenters. The highest BCUT2D eigenvalue weighted by Gasteiger charge is 2.28. The molecule has 0 saturated carbocycles. The summed E-state index contributed by atoms with van der Waals surface area (Å²) < 4.78 is 29.0. The van der Waals surface area contributed by atoms with E-state index in [1.54, 1.807) is 23.7 Å². The van der Waals surface area contributed by atoms with Gasteiger partial charge in [-0.3, -0.25) is 19.8 Å². The number of aromatic nitrogens is 1. The third kappa shape index (κ3) is 8.18. The van der Waals surface area contributed by atoms with Gasteiger partial charge in [0.2, 0.25) is 10.0 Å². The molecule has 10 nitrogen and oxygen atoms in total. The number of benzene rings is 3. The fourth-order valence-electron chi connectivity index (χ4n) is 6.76. The van der Waals surface area contributed by atoms with E-state index < -0.39 is 15.9 Å². The summed E-state index contributed by atoms with van der Waals surface area (Å²) in [5.74, 6) is -0.563. The molecule has 0 spiro atoms. The van der Waals surface area contributed by atoms with Gasteiger partial charge < -0.3 is 9.88 Å². The Bertz CT molecular complexity index is 1810. The Hall–Kier alpha value is -3.84. The van der Waals surface area contributed by atoms with Gasteiger partial charge in [-0.25, -0.2) is 18.6 Å². The zero-order valence-electron chi connectivity index (χ0n) is 26.9. The number of likely N-dealkylation sites (N-methyl/N-ethyl adjacent to an activating group) is 1. The third-order valence-corrected chi connectivity index (χ3v) is 10.9. The van der Waals surface area contributed by atoms with Crippen molar-refractivity contribution in [1.82, 2.24) is 29.9 Å². The normalized spacial score (nSPS) is 17.6. The van der Waals surface area contributed by atoms with E-state index in [1.165, 1.54) is 28.2 Å². The Morgan fingerprint density at radius 2 is 1.85 bits per heavy atom. The molecule has 0 bridgehead atoms. The lowest BCUT2D eigenvalue weighted by atomic mass is 10.0. The van der Waals surface area contributed by atoms with Crippen molar-refractivity contribution < 1.29 is 18.4 Å². The molecule has 2 aliphatic rings. The molecule has 248 valence electrons. The maximum atomic E-state index is 13.1. The molecule has 11 heteroatoms. The highest BCUT2D eigenvalue weighted by atomic mass is 32.2. The molecule has 1 fully saturated rings. The average Bonchev–Trinajstić information content (AvgIpc) is 3.70. The molecule has 1 aliphatic carbocycles. The lowest BCUT2D eigenvalue weighted by Gasteiger charge is -2.32. The zero-order chi connectivity index (χ0) is 32.8. The molecule has 47 heavy (non-hydrogen) atoms. The number of aromatic amines is 1. The first-order valence-corrected chi connectivity index (χ1v) is 17.8. The highest BCUT2D eigenvalue weighted by molar-refractivity contribution is 7.89. The van der Waals surface area contributed by atoms with Crippen LogP contribution in [0.2, 0.25) is 0 Å². The van der Waals surface area contributed by atoms with Crippen molar-refractivity contribution in [3.63, 3.8) is 0 Å². The standard InChI is InChI=1S/C36H44N6O4S/c1-40-20-22-41(23-21-40)19-17-38-47(45,46)31-11-6-28(7-12-31)26-42(18-16-30-25-37-34-5-3-2-4-32(30)34)35-14-10-29-24-27(8-13-33(29)35)9-15-36(43)39-44/h2-9,11-13,15,24-25,35,37-38,44H,10,14,16-23,26H2,1H3,(H,39,43)/b15-9+. The summed E-state index contributed by atoms with van der Waals surface area (Å²) in [7, 11) is -1.49. The fourth-order valence-corrected chi connectivity index (χ4v) is 7.78. The predicted molar refractivity (Wildman–Crippen MR) is 184 cm³/mol. The third-order valence-electron chi connectivity index (χ3n) is 9.47. The minimum atomic E-state index is -3.60. The summed E-state index contributed by atoms with van der Waals surface area (Å²) in [4.78, 5) is 22.2. The molecule has 4 aromatic rings. The van der Waals surface area contributed by atoms with Crippen LogP contribution in [0.3, 0.4) is 0 Å². The van der Waals surface area contributed by atoms with Crippen molar-refractivity contribution in [3.8, 4) is 0 Å². The Morgan fingerprint density at radius 1 is 1.06 bits per heavy atom. The first kappa shape index (κ1) is 33.1. The largest absolute Gasteiger partial charge is 0.361 e. The maximum Gasteiger partial charge on any atom is 0.267 e. The number of piperazine rings is 1. The van der Waals surface area contributed by atoms with Crippen molar-refractivity contribution in [3.05, 3.63) is 107 Å². The number of para-hydroxylation sites is 1. The summed E-state index contributed by atoms with van der Waals surface area (Å²) in [5, 5.41) is 10.0. The van der Waals surface area contributed by atoms with Gasteiger partial charge in [-0.15, -0.1) is 0 Å². The number of carbonyl (C=O) groups is 1. The number of rotatable bonds is 13. The van der Waals surface area contributed by atoms with Gasteiger partial charge in [0.25, 0.3) is 5.91 Å². The number of hydroxylamine groups is 1. The Balaban J connectivity index is 1.16. The van der Waals surface area contributed by atoms with Crippen LogP contribution < -0.4 is 10.2 Å². The molecule has 2 heterocycles. The fraction of sp³-hybridized carbons (Fsp3) is 0.361. The van der Waals surface area contributed by atoms with E-state index >= 15 is 0 Å². The number of H-pyrrole nitrogens is 1. The van der Waals surface area contributed by atoms with Gasteiger partial charge >= 0.3 is 0 Å². The smallest absolute Gasteiger partial charge is 0.267 e. The van der Waals surface area contributed by atoms with Crippen LogP contribution in [0.4, 0.5) is 0 Å². The number of sulfonamides is 1. The lowest BCUT2D eigenvalue weighted by molar-refractivity contribution is -0.124. The molecular formula is C36H44N6O4S. The van der Waals surface area contributed by atoms with Gasteiger partial charge in [0.1, 0.15) is 0 Å². The average molecular weight is 657 g/mol. The SMILES string of the molecule is CN1CCN(CCNS(=O)(=O)c2ccc(CN(CCc3c[nH]c4ccccc34)C3CCc4cc(/C=C/C(=O)NO)ccc43)cc2)CC1. The second kappa shape index (κ2) is 14.9. The summed E-state index contributed by atoms with van der Waals surface area (Å²) in [6.07, 6.45) is 7.88. The van der Waals surface area contributed by atoms with E-state index in [9.17, 15) is 13.2 Å². The molecule has 1 saturated heterocycles. The van der Waals surface area contributed by atoms with Crippen molar-refractivity contribution >= 4 is 32.9 Å². The van der Waals surface area contributed by atoms with Gasteiger partial charge in [-0.05, 0) is 78.4 Å². The highest BCUT2D eigenvalue weighted by Crippen LogP contribution is 2.37. The second-order valence-corrected chi connectivity index (χ2v) is 14.4. The number of nitrogens with zero attached hydrogens (tertiary/aromatic N) is 3. The van der Waals surface area contributed by atoms with Crippen LogP contribution in [0.5, 0.6) is 0 Å². The number of hydrogen-bond acceptors (Lipinski definition) is 7. The number of amides is 1. The minimum absolute atomic E-state index is 0.202. The summed E-state index contributed by atoms with van der Waals surface area (Å²) in [6, 6.07) is 22.1. The molecule has 0 radical (unpaired) electrons. The molecule has 4 N–H and O–H groups in total. The number of nitrogens with one attached hydrogen (secondary N) is 3. The zero-order valence-corrected chi connectivity index (χ0v) is 27.7. The molecule has 1 amide bonds. The minimum Gasteiger partial charge on any atom is -0.361 e. The first-order valence-electron chi connectivity index (χ1n) is 16.3. The Labute approximate surface area is 277 Å². The predicted octanol–water partition coefficient (Wildman–Crippen LogP) is 3.94. The number of fused-ring (bicyclic) bond motifs is 2. The second-order valence-electron chi connectivity index (χ2n) is 12.6. The van der Waals surface area contributed by atoms with Crippen LogP contribution in [-0.4, -0.2) is 92.1 Å². The van der Waals surface area contributed by atoms with Crippen LogP contribution in [0.15, 0.2) is 83.9 Å². The van der Waals surface area contributed by atoms with E-state index in [2.05, 4.69) is 68.0 Å². The molecule has 1 aromatic heterocycles. The van der Waals surface area contributed by atoms with E-state index in [1.807, 2.05) is 24.3 Å². The quantitative estimate of drug-likeness (QED) is 0.0978. The maximum absolute atomic E-state index is 13.1. The molecule has 6 rings (SSSR count). The summed E-state index contributed by atoms with van der Waals surface area (Å²) in [6.45, 7) is 6.53. The molecule has 1 aliphatic heterocycles. The van der Waals surface area contributed by atoms with Crippen LogP contribution in [0, 0.1) is 0 Å². The van der Waals surface area contributed by atoms with E-state index in [0.29, 0.717) is 19.6 Å². The van der Waals surface area contributed by atoms with E-state index in [4.69, 9.17) is 5.21 Å². The summed E-state index contributed by atoms with van der Waals surface area (Å²) in [5.41, 5.74) is 8.53. The molecule has 3 aromatic carbocycles. The first-order chi connectivity index (χ1) is 22.8. The van der Waals surface area contributed by atoms with Crippen molar-refractivity contribution in [1.29, 1.82) is 0 Å². The van der Waals surface area contributed by atoms with Crippen molar-refractivity contribution in [2.75, 3.05) is 52.9 Å². The number of aryl methyl sites for hydroxylation is 1.